The summed E-state index contributed by atoms with van der Waals surface area (Å²) in [6.07, 6.45) is 0. The standard InChI is InChI=1S/6Nb.5Sn.10H. The van der Waals surface area contributed by atoms with Gasteiger partial charge in [-0.25, -0.2) is 0 Å². The van der Waals surface area contributed by atoms with Gasteiger partial charge in [-0.3, -0.25) is 0 Å². The molecule has 0 saturated carbocycles. The minimum absolute atomic E-state index is 0. The Morgan fingerprint density at radius 1 is 0.182 bits per heavy atom. The van der Waals surface area contributed by atoms with Gasteiger partial charge in [0.1, 0.15) is 0 Å². The molecule has 0 unspecified atom stereocenters. The molecule has 11 heteroatoms. The Balaban J connectivity index is 0. The van der Waals surface area contributed by atoms with E-state index in [0.29, 0.717) is 0 Å². The molecule has 0 aromatic heterocycles. The van der Waals surface area contributed by atoms with E-state index in [9.17, 15) is 0 Å². The molecule has 0 saturated heterocycles. The first kappa shape index (κ1) is 92.8. The SMILES string of the molecule is [Nb].[Nb].[Nb].[Nb].[Nb].[Nb].[SnH2].[SnH2].[SnH2].[SnH2].[SnH2]. The van der Waals surface area contributed by atoms with Crippen molar-refractivity contribution >= 4 is 120 Å². The van der Waals surface area contributed by atoms with Crippen LogP contribution in [0.4, 0.5) is 0 Å². The van der Waals surface area contributed by atoms with Crippen molar-refractivity contribution in [2.24, 2.45) is 0 Å². The molecule has 0 amide bonds. The summed E-state index contributed by atoms with van der Waals surface area (Å²) < 4.78 is 0. The molecule has 0 N–H and O–H groups in total. The van der Waals surface area contributed by atoms with E-state index in [1.807, 2.05) is 0 Å². The van der Waals surface area contributed by atoms with E-state index in [1.54, 1.807) is 0 Å². The van der Waals surface area contributed by atoms with Gasteiger partial charge in [0.25, 0.3) is 0 Å². The van der Waals surface area contributed by atoms with E-state index < -0.39 is 0 Å². The molecule has 0 aliphatic heterocycles. The quantitative estimate of drug-likeness (QED) is 0.215. The van der Waals surface area contributed by atoms with Gasteiger partial charge in [-0.2, -0.15) is 0 Å². The first-order valence-corrected chi connectivity index (χ1v) is 0. The summed E-state index contributed by atoms with van der Waals surface area (Å²) in [7, 11) is 0. The number of hydrogen-bond donors (Lipinski definition) is 0. The van der Waals surface area contributed by atoms with Gasteiger partial charge in [-0.15, -0.1) is 0 Å². The molecule has 16 radical (unpaired) electrons. The molecule has 0 fully saturated rings. The van der Waals surface area contributed by atoms with Crippen molar-refractivity contribution in [2.45, 2.75) is 0 Å². The maximum atomic E-state index is 0. The number of hydrogen-bond acceptors (Lipinski definition) is 0. The zero-order valence-corrected chi connectivity index (χ0v) is 39.6. The molecule has 0 aromatic rings. The first-order chi connectivity index (χ1) is 0. The van der Waals surface area contributed by atoms with Crippen molar-refractivity contribution in [2.75, 3.05) is 0 Å². The molecule has 0 aliphatic rings. The summed E-state index contributed by atoms with van der Waals surface area (Å²) in [5.41, 5.74) is 0. The second kappa shape index (κ2) is 78.8. The molecule has 0 spiro atoms. The zero-order valence-electron chi connectivity index (χ0n) is 6.22. The average molecular weight is 1160 g/mol. The Bertz CT molecular complexity index is 10.9. The fourth-order valence-corrected chi connectivity index (χ4v) is 0. The second-order valence-corrected chi connectivity index (χ2v) is 0. The minimum atomic E-state index is 0. The molecule has 0 aliphatic carbocycles. The van der Waals surface area contributed by atoms with Crippen LogP contribution in [0, 0.1) is 0 Å². The third-order valence-corrected chi connectivity index (χ3v) is 0. The molecular formula is H10Nb6Sn5. The predicted octanol–water partition coefficient (Wildman–Crippen LogP) is -4.60. The Morgan fingerprint density at radius 2 is 0.182 bits per heavy atom. The summed E-state index contributed by atoms with van der Waals surface area (Å²) in [5, 5.41) is 0. The van der Waals surface area contributed by atoms with Crippen LogP contribution < -0.4 is 0 Å². The van der Waals surface area contributed by atoms with Crippen LogP contribution >= 0.6 is 0 Å². The van der Waals surface area contributed by atoms with Crippen molar-refractivity contribution < 1.29 is 134 Å². The molecule has 60 valence electrons. The molecule has 0 bridgehead atoms. The van der Waals surface area contributed by atoms with Crippen molar-refractivity contribution in [1.82, 2.24) is 0 Å². The molecule has 0 atom stereocenters. The summed E-state index contributed by atoms with van der Waals surface area (Å²) in [6.45, 7) is 0. The van der Waals surface area contributed by atoms with Crippen LogP contribution in [0.5, 0.6) is 0 Å². The van der Waals surface area contributed by atoms with Gasteiger partial charge in [0.2, 0.25) is 0 Å². The average Bonchev–Trinajstić information content (AvgIpc) is 0. The van der Waals surface area contributed by atoms with Gasteiger partial charge in [0.15, 0.2) is 0 Å². The Kier molecular flexibility index (Phi) is 665. The topological polar surface area (TPSA) is 0 Å². The van der Waals surface area contributed by atoms with Crippen molar-refractivity contribution in [3.63, 3.8) is 0 Å². The summed E-state index contributed by atoms with van der Waals surface area (Å²) >= 11 is 0. The van der Waals surface area contributed by atoms with Gasteiger partial charge in [-0.05, 0) is 0 Å². The predicted molar refractivity (Wildman–Crippen MR) is 42.7 cm³/mol. The number of rotatable bonds is 0. The summed E-state index contributed by atoms with van der Waals surface area (Å²) in [5.74, 6) is 0. The summed E-state index contributed by atoms with van der Waals surface area (Å²) in [4.78, 5) is 0. The van der Waals surface area contributed by atoms with Gasteiger partial charge >= 0.3 is 120 Å². The third kappa shape index (κ3) is 70.0. The van der Waals surface area contributed by atoms with E-state index in [2.05, 4.69) is 0 Å². The van der Waals surface area contributed by atoms with E-state index in [1.165, 1.54) is 0 Å². The third-order valence-electron chi connectivity index (χ3n) is 0. The molecule has 0 nitrogen and oxygen atoms in total. The van der Waals surface area contributed by atoms with Gasteiger partial charge < -0.3 is 0 Å². The zero-order chi connectivity index (χ0) is 0. The van der Waals surface area contributed by atoms with E-state index in [0.717, 1.165) is 0 Å². The van der Waals surface area contributed by atoms with Crippen LogP contribution in [-0.2, 0) is 134 Å². The van der Waals surface area contributed by atoms with Crippen molar-refractivity contribution in [3.8, 4) is 0 Å². The molecule has 0 aromatic carbocycles. The molecule has 11 heavy (non-hydrogen) atoms. The fourth-order valence-electron chi connectivity index (χ4n) is 0. The van der Waals surface area contributed by atoms with Crippen LogP contribution in [-0.4, -0.2) is 120 Å². The Morgan fingerprint density at radius 3 is 0.182 bits per heavy atom. The van der Waals surface area contributed by atoms with Crippen molar-refractivity contribution in [3.05, 3.63) is 0 Å². The van der Waals surface area contributed by atoms with Crippen LogP contribution in [0.3, 0.4) is 0 Å². The van der Waals surface area contributed by atoms with E-state index in [-0.39, 0.29) is 254 Å². The van der Waals surface area contributed by atoms with Crippen molar-refractivity contribution in [1.29, 1.82) is 0 Å². The van der Waals surface area contributed by atoms with Crippen LogP contribution in [0.1, 0.15) is 0 Å². The monoisotopic (exact) mass is 1170 g/mol. The van der Waals surface area contributed by atoms with E-state index in [4.69, 9.17) is 0 Å². The van der Waals surface area contributed by atoms with Crippen LogP contribution in [0.15, 0.2) is 0 Å². The Labute approximate surface area is 247 Å². The first-order valence-electron chi connectivity index (χ1n) is 0. The van der Waals surface area contributed by atoms with Crippen LogP contribution in [0.25, 0.3) is 0 Å². The van der Waals surface area contributed by atoms with Gasteiger partial charge in [0, 0.05) is 134 Å². The van der Waals surface area contributed by atoms with Crippen LogP contribution in [0.2, 0.25) is 0 Å². The maximum absolute atomic E-state index is 0. The molecular weight excluding hydrogens is 1150 g/mol. The van der Waals surface area contributed by atoms with Gasteiger partial charge in [-0.1, -0.05) is 0 Å². The Hall–Kier alpha value is 8.44. The molecule has 0 rings (SSSR count). The fraction of sp³-hybridized carbons (Fsp3) is 0. The summed E-state index contributed by atoms with van der Waals surface area (Å²) in [6, 6.07) is 0. The van der Waals surface area contributed by atoms with Gasteiger partial charge in [0.05, 0.1) is 0 Å². The normalized spacial score (nSPS) is 0. The second-order valence-electron chi connectivity index (χ2n) is 0. The van der Waals surface area contributed by atoms with E-state index >= 15 is 0 Å². The molecule has 0 heterocycles.